The van der Waals surface area contributed by atoms with E-state index < -0.39 is 0 Å². The van der Waals surface area contributed by atoms with Gasteiger partial charge in [-0.2, -0.15) is 0 Å². The van der Waals surface area contributed by atoms with Crippen LogP contribution in [0.5, 0.6) is 0 Å². The number of hydrogen-bond acceptors (Lipinski definition) is 0. The number of allylic oxidation sites excluding steroid dienone is 5. The van der Waals surface area contributed by atoms with Gasteiger partial charge in [0, 0.05) is 6.42 Å². The van der Waals surface area contributed by atoms with E-state index in [1.165, 1.54) is 5.57 Å². The first-order valence-electron chi connectivity index (χ1n) is 4.77. The van der Waals surface area contributed by atoms with E-state index in [0.29, 0.717) is 6.42 Å². The first-order valence-corrected chi connectivity index (χ1v) is 4.77. The molecule has 0 N–H and O–H groups in total. The van der Waals surface area contributed by atoms with Crippen molar-refractivity contribution in [3.05, 3.63) is 40.9 Å². The molecule has 0 aliphatic heterocycles. The Balaban J connectivity index is 3.05. The lowest BCUT2D eigenvalue weighted by atomic mass is 10.0. The van der Waals surface area contributed by atoms with E-state index in [1.807, 2.05) is 25.2 Å². The number of hydrogen-bond donors (Lipinski definition) is 0. The van der Waals surface area contributed by atoms with Gasteiger partial charge in [-0.25, -0.2) is 4.39 Å². The van der Waals surface area contributed by atoms with Gasteiger partial charge in [0.05, 0.1) is 0 Å². The van der Waals surface area contributed by atoms with Crippen LogP contribution >= 0.6 is 0 Å². The molecule has 0 atom stereocenters. The molecule has 0 saturated heterocycles. The summed E-state index contributed by atoms with van der Waals surface area (Å²) in [4.78, 5) is 0. The molecule has 0 unspecified atom stereocenters. The Hall–Kier alpha value is -1.07. The first-order chi connectivity index (χ1) is 6.26. The standard InChI is InChI=1S/C12H15F/c1-3-10-6-5-7-12(13)9-11(4-2)8-10/h5-6,8H,3-4,7H2,1-2H3/b6-5-,10-8?. The number of rotatable bonds is 2. The van der Waals surface area contributed by atoms with Gasteiger partial charge in [0.1, 0.15) is 5.83 Å². The van der Waals surface area contributed by atoms with Gasteiger partial charge in [0.25, 0.3) is 0 Å². The minimum absolute atomic E-state index is 0.167. The zero-order valence-electron chi connectivity index (χ0n) is 8.23. The zero-order valence-corrected chi connectivity index (χ0v) is 8.23. The summed E-state index contributed by atoms with van der Waals surface area (Å²) in [5, 5.41) is 0. The van der Waals surface area contributed by atoms with E-state index in [9.17, 15) is 4.39 Å². The minimum atomic E-state index is -0.167. The Morgan fingerprint density at radius 1 is 1.38 bits per heavy atom. The van der Waals surface area contributed by atoms with E-state index in [4.69, 9.17) is 0 Å². The lowest BCUT2D eigenvalue weighted by Crippen LogP contribution is -1.83. The van der Waals surface area contributed by atoms with E-state index in [2.05, 4.69) is 12.7 Å². The van der Waals surface area contributed by atoms with Gasteiger partial charge >= 0.3 is 0 Å². The van der Waals surface area contributed by atoms with Gasteiger partial charge in [-0.15, -0.1) is 0 Å². The van der Waals surface area contributed by atoms with Crippen molar-refractivity contribution in [3.63, 3.8) is 0 Å². The van der Waals surface area contributed by atoms with E-state index in [0.717, 1.165) is 18.4 Å². The fourth-order valence-corrected chi connectivity index (χ4v) is 1.26. The van der Waals surface area contributed by atoms with E-state index in [1.54, 1.807) is 0 Å². The van der Waals surface area contributed by atoms with Gasteiger partial charge in [-0.3, -0.25) is 0 Å². The second kappa shape index (κ2) is 4.84. The summed E-state index contributed by atoms with van der Waals surface area (Å²) in [6.07, 6.45) is 8.07. The van der Waals surface area contributed by atoms with Crippen LogP contribution in [0.4, 0.5) is 4.39 Å². The van der Waals surface area contributed by atoms with Crippen molar-refractivity contribution in [1.82, 2.24) is 0 Å². The summed E-state index contributed by atoms with van der Waals surface area (Å²) in [5.41, 5.74) is 4.98. The van der Waals surface area contributed by atoms with Crippen LogP contribution in [0.1, 0.15) is 33.1 Å². The second-order valence-electron chi connectivity index (χ2n) is 3.09. The maximum absolute atomic E-state index is 13.0. The Kier molecular flexibility index (Phi) is 3.72. The third-order valence-electron chi connectivity index (χ3n) is 2.07. The highest BCUT2D eigenvalue weighted by Gasteiger charge is 1.98. The first kappa shape index (κ1) is 10.0. The summed E-state index contributed by atoms with van der Waals surface area (Å²) in [6, 6.07) is 0. The topological polar surface area (TPSA) is 0 Å². The van der Waals surface area contributed by atoms with Crippen molar-refractivity contribution in [1.29, 1.82) is 0 Å². The summed E-state index contributed by atoms with van der Waals surface area (Å²) >= 11 is 0. The van der Waals surface area contributed by atoms with Crippen molar-refractivity contribution in [3.8, 4) is 0 Å². The van der Waals surface area contributed by atoms with E-state index in [-0.39, 0.29) is 5.83 Å². The predicted octanol–water partition coefficient (Wildman–Crippen LogP) is 4.07. The molecule has 0 aromatic carbocycles. The van der Waals surface area contributed by atoms with Crippen LogP contribution < -0.4 is 0 Å². The van der Waals surface area contributed by atoms with Crippen molar-refractivity contribution in [2.45, 2.75) is 33.1 Å². The molecule has 0 aromatic heterocycles. The van der Waals surface area contributed by atoms with Gasteiger partial charge in [0.15, 0.2) is 0 Å². The van der Waals surface area contributed by atoms with Crippen LogP contribution in [0.25, 0.3) is 0 Å². The van der Waals surface area contributed by atoms with Crippen LogP contribution in [0.15, 0.2) is 40.9 Å². The number of halogens is 1. The average Bonchev–Trinajstić information content (AvgIpc) is 2.10. The largest absolute Gasteiger partial charge is 0.202 e. The van der Waals surface area contributed by atoms with Crippen LogP contribution in [-0.4, -0.2) is 0 Å². The molecule has 13 heavy (non-hydrogen) atoms. The van der Waals surface area contributed by atoms with Gasteiger partial charge in [0.2, 0.25) is 0 Å². The highest BCUT2D eigenvalue weighted by atomic mass is 19.1. The van der Waals surface area contributed by atoms with Crippen molar-refractivity contribution >= 4 is 0 Å². The summed E-state index contributed by atoms with van der Waals surface area (Å²) in [6.45, 7) is 4.12. The SMILES string of the molecule is CCC1=C=C(F)C/C=C\C(CC)=C1. The lowest BCUT2D eigenvalue weighted by molar-refractivity contribution is 0.619. The monoisotopic (exact) mass is 178 g/mol. The third kappa shape index (κ3) is 3.04. The highest BCUT2D eigenvalue weighted by Crippen LogP contribution is 2.16. The summed E-state index contributed by atoms with van der Waals surface area (Å²) < 4.78 is 13.0. The molecule has 0 amide bonds. The van der Waals surface area contributed by atoms with E-state index >= 15 is 0 Å². The second-order valence-corrected chi connectivity index (χ2v) is 3.09. The Morgan fingerprint density at radius 3 is 2.77 bits per heavy atom. The molecule has 1 aliphatic carbocycles. The van der Waals surface area contributed by atoms with Crippen molar-refractivity contribution in [2.24, 2.45) is 0 Å². The van der Waals surface area contributed by atoms with Gasteiger partial charge < -0.3 is 0 Å². The molecule has 70 valence electrons. The van der Waals surface area contributed by atoms with Crippen LogP contribution in [-0.2, 0) is 0 Å². The van der Waals surface area contributed by atoms with Gasteiger partial charge in [-0.1, -0.05) is 31.7 Å². The third-order valence-corrected chi connectivity index (χ3v) is 2.07. The van der Waals surface area contributed by atoms with Crippen molar-refractivity contribution in [2.75, 3.05) is 0 Å². The molecule has 1 aliphatic rings. The Bertz CT molecular complexity index is 299. The van der Waals surface area contributed by atoms with Gasteiger partial charge in [-0.05, 0) is 30.1 Å². The molecule has 0 saturated carbocycles. The molecule has 1 rings (SSSR count). The van der Waals surface area contributed by atoms with Crippen molar-refractivity contribution < 1.29 is 4.39 Å². The molecular weight excluding hydrogens is 163 g/mol. The minimum Gasteiger partial charge on any atom is -0.202 e. The van der Waals surface area contributed by atoms with Crippen LogP contribution in [0, 0.1) is 0 Å². The molecule has 0 radical (unpaired) electrons. The fraction of sp³-hybridized carbons (Fsp3) is 0.417. The van der Waals surface area contributed by atoms with Crippen LogP contribution in [0.3, 0.4) is 0 Å². The zero-order chi connectivity index (χ0) is 9.68. The molecule has 0 fully saturated rings. The Morgan fingerprint density at radius 2 is 2.15 bits per heavy atom. The smallest absolute Gasteiger partial charge is 0.146 e. The highest BCUT2D eigenvalue weighted by molar-refractivity contribution is 5.32. The maximum Gasteiger partial charge on any atom is 0.146 e. The molecule has 0 nitrogen and oxygen atoms in total. The fourth-order valence-electron chi connectivity index (χ4n) is 1.26. The maximum atomic E-state index is 13.0. The molecule has 0 heterocycles. The molecular formula is C12H15F. The molecule has 0 bridgehead atoms. The quantitative estimate of drug-likeness (QED) is 0.559. The summed E-state index contributed by atoms with van der Waals surface area (Å²) in [7, 11) is 0. The lowest BCUT2D eigenvalue weighted by Gasteiger charge is -2.01. The Labute approximate surface area is 79.2 Å². The predicted molar refractivity (Wildman–Crippen MR) is 54.1 cm³/mol. The molecule has 0 aromatic rings. The molecule has 1 heteroatoms. The van der Waals surface area contributed by atoms with Crippen LogP contribution in [0.2, 0.25) is 0 Å². The molecule has 0 spiro atoms. The normalized spacial score (nSPS) is 19.5. The summed E-state index contributed by atoms with van der Waals surface area (Å²) in [5.74, 6) is -0.167. The average molecular weight is 178 g/mol.